The van der Waals surface area contributed by atoms with Gasteiger partial charge in [-0.05, 0) is 117 Å². The number of nitrogens with zero attached hydrogens (tertiary/aromatic N) is 4. The predicted molar refractivity (Wildman–Crippen MR) is 252 cm³/mol. The number of carbonyl (C=O) groups is 1. The van der Waals surface area contributed by atoms with E-state index >= 15 is 0 Å². The molecule has 366 valence electrons. The molecule has 19 heteroatoms. The summed E-state index contributed by atoms with van der Waals surface area (Å²) in [4.78, 5) is 21.2. The number of amides is 1. The highest BCUT2D eigenvalue weighted by Gasteiger charge is 2.73. The molecule has 2 bridgehead atoms. The zero-order chi connectivity index (χ0) is 48.0. The van der Waals surface area contributed by atoms with E-state index in [1.807, 2.05) is 42.1 Å². The predicted octanol–water partition coefficient (Wildman–Crippen LogP) is 8.37. The largest absolute Gasteiger partial charge is 0.501 e. The number of allylic oxidation sites excluding steroid dienone is 1. The Hall–Kier alpha value is -3.75. The molecule has 6 aliphatic rings. The molecule has 3 aromatic rings. The lowest BCUT2D eigenvalue weighted by Crippen LogP contribution is -2.66. The summed E-state index contributed by atoms with van der Waals surface area (Å²) >= 11 is 1.46. The molecule has 0 aromatic heterocycles. The lowest BCUT2D eigenvalue weighted by atomic mass is 9.32. The molecule has 0 radical (unpaired) electrons. The van der Waals surface area contributed by atoms with Gasteiger partial charge in [-0.15, -0.1) is 11.8 Å². The lowest BCUT2D eigenvalue weighted by Gasteiger charge is -2.72. The number of sulfone groups is 1. The van der Waals surface area contributed by atoms with Gasteiger partial charge in [0.1, 0.15) is 4.90 Å². The van der Waals surface area contributed by atoms with E-state index in [1.54, 1.807) is 12.1 Å². The van der Waals surface area contributed by atoms with Crippen LogP contribution in [0.25, 0.3) is 0 Å². The number of anilines is 2. The van der Waals surface area contributed by atoms with E-state index in [0.29, 0.717) is 57.1 Å². The van der Waals surface area contributed by atoms with Crippen molar-refractivity contribution in [1.82, 2.24) is 19.4 Å². The van der Waals surface area contributed by atoms with Crippen LogP contribution in [0.2, 0.25) is 0 Å². The maximum atomic E-state index is 14.2. The minimum Gasteiger partial charge on any atom is -0.380 e. The van der Waals surface area contributed by atoms with Crippen LogP contribution in [0, 0.1) is 16.2 Å². The van der Waals surface area contributed by atoms with Crippen LogP contribution in [0.4, 0.5) is 33.3 Å². The van der Waals surface area contributed by atoms with Gasteiger partial charge in [0, 0.05) is 98.8 Å². The van der Waals surface area contributed by atoms with Crippen molar-refractivity contribution in [3.05, 3.63) is 89.5 Å². The second kappa shape index (κ2) is 19.2. The van der Waals surface area contributed by atoms with Gasteiger partial charge < -0.3 is 20.0 Å². The first-order chi connectivity index (χ1) is 31.6. The molecular formula is C48H61F5N6O5S3. The van der Waals surface area contributed by atoms with Crippen molar-refractivity contribution in [3.63, 3.8) is 0 Å². The Morgan fingerprint density at radius 3 is 2.10 bits per heavy atom. The van der Waals surface area contributed by atoms with Gasteiger partial charge >= 0.3 is 5.51 Å². The number of hydrogen-bond donors (Lipinski definition) is 2. The fourth-order valence-corrected chi connectivity index (χ4v) is 13.7. The normalized spacial score (nSPS) is 24.5. The molecule has 1 atom stereocenters. The SMILES string of the molecule is CN1CCN(CC[C@H](CSc2ccccc2)Nc2ccc(S(=O)(=O)NC(=O)c3ccc(N4CCN(CC5=C(C67CC(C(F)F)(C6)C7)CC(C)(C)CC5)CC4)cc3)cc2S(=O)(=O)C(F)(F)F)CC1. The molecule has 2 heterocycles. The van der Waals surface area contributed by atoms with Crippen LogP contribution in [-0.4, -0.2) is 134 Å². The molecule has 5 fully saturated rings. The Morgan fingerprint density at radius 2 is 1.48 bits per heavy atom. The second-order valence-corrected chi connectivity index (χ2v) is 24.8. The number of likely N-dealkylation sites (N-methyl/N-ethyl adjacent to an activating group) is 1. The Kier molecular flexibility index (Phi) is 14.2. The molecule has 2 N–H and O–H groups in total. The first-order valence-electron chi connectivity index (χ1n) is 23.0. The van der Waals surface area contributed by atoms with Crippen molar-refractivity contribution < 1.29 is 43.6 Å². The summed E-state index contributed by atoms with van der Waals surface area (Å²) in [7, 11) is -8.89. The molecule has 1 amide bonds. The summed E-state index contributed by atoms with van der Waals surface area (Å²) in [5.74, 6) is -0.661. The van der Waals surface area contributed by atoms with Gasteiger partial charge in [-0.1, -0.05) is 43.2 Å². The summed E-state index contributed by atoms with van der Waals surface area (Å²) in [6.07, 6.45) is 3.03. The van der Waals surface area contributed by atoms with E-state index in [2.05, 4.69) is 38.8 Å². The Labute approximate surface area is 395 Å². The molecule has 4 aliphatic carbocycles. The van der Waals surface area contributed by atoms with Gasteiger partial charge in [-0.2, -0.15) is 13.2 Å². The number of hydrogen-bond acceptors (Lipinski definition) is 11. The number of benzene rings is 3. The van der Waals surface area contributed by atoms with E-state index in [-0.39, 0.29) is 16.4 Å². The Balaban J connectivity index is 0.917. The van der Waals surface area contributed by atoms with Crippen LogP contribution < -0.4 is 14.9 Å². The van der Waals surface area contributed by atoms with E-state index in [1.165, 1.54) is 35.0 Å². The van der Waals surface area contributed by atoms with Crippen molar-refractivity contribution in [2.75, 3.05) is 88.5 Å². The van der Waals surface area contributed by atoms with Gasteiger partial charge in [-0.25, -0.2) is 30.3 Å². The van der Waals surface area contributed by atoms with E-state index < -0.39 is 64.6 Å². The highest BCUT2D eigenvalue weighted by molar-refractivity contribution is 7.99. The van der Waals surface area contributed by atoms with Crippen molar-refractivity contribution >= 4 is 48.9 Å². The first-order valence-corrected chi connectivity index (χ1v) is 27.0. The number of thioether (sulfide) groups is 1. The minimum absolute atomic E-state index is 0.0200. The molecule has 0 spiro atoms. The molecule has 3 saturated carbocycles. The molecule has 67 heavy (non-hydrogen) atoms. The van der Waals surface area contributed by atoms with Crippen LogP contribution in [0.5, 0.6) is 0 Å². The van der Waals surface area contributed by atoms with Crippen LogP contribution in [0.15, 0.2) is 98.6 Å². The number of rotatable bonds is 17. The second-order valence-electron chi connectivity index (χ2n) is 20.1. The van der Waals surface area contributed by atoms with Crippen molar-refractivity contribution in [2.45, 2.75) is 91.5 Å². The molecular weight excluding hydrogens is 932 g/mol. The quantitative estimate of drug-likeness (QED) is 0.0771. The van der Waals surface area contributed by atoms with Gasteiger partial charge in [-0.3, -0.25) is 9.69 Å². The number of halogens is 5. The Bertz CT molecular complexity index is 2510. The molecule has 2 saturated heterocycles. The third kappa shape index (κ3) is 10.9. The average molecular weight is 993 g/mol. The maximum absolute atomic E-state index is 14.2. The standard InChI is InChI=1S/C48H61F5N6O5S3/c1-45(2)17-15-35(40(28-45)46-31-47(32-46,33-46)44(49)50)29-58-23-25-59(26-24-58)37-11-9-34(10-12-37)43(60)55-67(63,64)39-13-14-41(42(27-39)66(61,62)48(51,52)53)54-36(30-65-38-7-5-4-6-8-38)16-18-57-21-19-56(3)20-22-57/h4-14,27,36,44,54H,15-26,28-33H2,1-3H3,(H,55,60)/t36-,46?,47?/m1/s1. The van der Waals surface area contributed by atoms with Gasteiger partial charge in [0.2, 0.25) is 6.43 Å². The van der Waals surface area contributed by atoms with E-state index in [4.69, 9.17) is 0 Å². The zero-order valence-electron chi connectivity index (χ0n) is 38.3. The van der Waals surface area contributed by atoms with Crippen molar-refractivity contribution in [2.24, 2.45) is 16.2 Å². The third-order valence-corrected chi connectivity index (χ3v) is 18.7. The monoisotopic (exact) mass is 992 g/mol. The summed E-state index contributed by atoms with van der Waals surface area (Å²) in [6, 6.07) is 17.7. The molecule has 9 rings (SSSR count). The smallest absolute Gasteiger partial charge is 0.380 e. The first kappa shape index (κ1) is 49.7. The highest BCUT2D eigenvalue weighted by Crippen LogP contribution is 2.79. The number of carbonyl (C=O) groups excluding carboxylic acids is 1. The maximum Gasteiger partial charge on any atom is 0.501 e. The van der Waals surface area contributed by atoms with Gasteiger partial charge in [0.25, 0.3) is 25.8 Å². The van der Waals surface area contributed by atoms with Gasteiger partial charge in [0.05, 0.1) is 10.6 Å². The summed E-state index contributed by atoms with van der Waals surface area (Å²) in [6.45, 7) is 12.3. The van der Waals surface area contributed by atoms with Crippen LogP contribution in [0.3, 0.4) is 0 Å². The van der Waals surface area contributed by atoms with Crippen LogP contribution in [0.1, 0.15) is 69.2 Å². The molecule has 2 aliphatic heterocycles. The number of alkyl halides is 5. The summed E-state index contributed by atoms with van der Waals surface area (Å²) in [5, 5.41) is 3.01. The number of piperazine rings is 2. The molecule has 3 aromatic carbocycles. The highest BCUT2D eigenvalue weighted by atomic mass is 32.2. The summed E-state index contributed by atoms with van der Waals surface area (Å²) < 4.78 is 125. The fourth-order valence-electron chi connectivity index (χ4n) is 10.7. The van der Waals surface area contributed by atoms with Crippen LogP contribution in [-0.2, 0) is 19.9 Å². The zero-order valence-corrected chi connectivity index (χ0v) is 40.7. The van der Waals surface area contributed by atoms with Crippen molar-refractivity contribution in [3.8, 4) is 0 Å². The summed E-state index contributed by atoms with van der Waals surface area (Å²) in [5.41, 5.74) is -3.16. The Morgan fingerprint density at radius 1 is 0.836 bits per heavy atom. The van der Waals surface area contributed by atoms with E-state index in [9.17, 15) is 43.6 Å². The molecule has 11 nitrogen and oxygen atoms in total. The molecule has 0 unspecified atom stereocenters. The number of nitrogens with one attached hydrogen (secondary N) is 2. The topological polar surface area (TPSA) is 122 Å². The minimum atomic E-state index is -6.06. The number of sulfonamides is 1. The third-order valence-electron chi connectivity index (χ3n) is 14.7. The van der Waals surface area contributed by atoms with Gasteiger partial charge in [0.15, 0.2) is 0 Å². The van der Waals surface area contributed by atoms with Crippen molar-refractivity contribution in [1.29, 1.82) is 0 Å². The van der Waals surface area contributed by atoms with E-state index in [0.717, 1.165) is 87.8 Å². The average Bonchev–Trinajstić information content (AvgIpc) is 3.25. The fraction of sp³-hybridized carbons (Fsp3) is 0.562. The van der Waals surface area contributed by atoms with Crippen LogP contribution >= 0.6 is 11.8 Å². The lowest BCUT2D eigenvalue weighted by molar-refractivity contribution is -0.250.